The lowest BCUT2D eigenvalue weighted by Gasteiger charge is -2.30. The van der Waals surface area contributed by atoms with Crippen molar-refractivity contribution in [3.8, 4) is 0 Å². The van der Waals surface area contributed by atoms with E-state index in [1.807, 2.05) is 27.7 Å². The second kappa shape index (κ2) is 5.77. The maximum atomic E-state index is 12.1. The molecule has 1 amide bonds. The first-order chi connectivity index (χ1) is 8.25. The summed E-state index contributed by atoms with van der Waals surface area (Å²) >= 11 is 0. The van der Waals surface area contributed by atoms with E-state index in [4.69, 9.17) is 4.74 Å². The van der Waals surface area contributed by atoms with Crippen molar-refractivity contribution in [2.45, 2.75) is 66.5 Å². The number of rotatable bonds is 4. The number of hydrogen-bond donors (Lipinski definition) is 0. The molecular weight excluding hydrogens is 226 g/mol. The molecule has 104 valence electrons. The van der Waals surface area contributed by atoms with Crippen LogP contribution in [0.5, 0.6) is 0 Å². The van der Waals surface area contributed by atoms with Crippen molar-refractivity contribution < 1.29 is 9.53 Å². The summed E-state index contributed by atoms with van der Waals surface area (Å²) in [5.74, 6) is 0. The molecule has 0 atom stereocenters. The Bertz CT molecular complexity index is 321. The number of amides is 1. The Morgan fingerprint density at radius 1 is 1.33 bits per heavy atom. The SMILES string of the molecule is CC(C)N(C(=O)OCC1=CCCC1(C)C)C(C)C. The first-order valence-electron chi connectivity index (χ1n) is 6.90. The molecule has 18 heavy (non-hydrogen) atoms. The van der Waals surface area contributed by atoms with Gasteiger partial charge in [0.25, 0.3) is 0 Å². The van der Waals surface area contributed by atoms with Gasteiger partial charge in [-0.2, -0.15) is 0 Å². The molecule has 0 aromatic rings. The molecule has 0 unspecified atom stereocenters. The van der Waals surface area contributed by atoms with Crippen LogP contribution in [0.3, 0.4) is 0 Å². The van der Waals surface area contributed by atoms with Crippen molar-refractivity contribution in [2.24, 2.45) is 5.41 Å². The van der Waals surface area contributed by atoms with Crippen LogP contribution in [0.15, 0.2) is 11.6 Å². The van der Waals surface area contributed by atoms with Crippen LogP contribution in [0, 0.1) is 5.41 Å². The van der Waals surface area contributed by atoms with E-state index in [1.165, 1.54) is 5.57 Å². The van der Waals surface area contributed by atoms with Crippen LogP contribution >= 0.6 is 0 Å². The minimum atomic E-state index is -0.205. The van der Waals surface area contributed by atoms with Gasteiger partial charge in [-0.25, -0.2) is 4.79 Å². The number of carbonyl (C=O) groups is 1. The highest BCUT2D eigenvalue weighted by Gasteiger charge is 2.29. The molecule has 0 heterocycles. The second-order valence-corrected chi connectivity index (χ2v) is 6.30. The molecular formula is C15H27NO2. The van der Waals surface area contributed by atoms with Crippen molar-refractivity contribution in [2.75, 3.05) is 6.61 Å². The molecule has 0 spiro atoms. The molecule has 0 saturated heterocycles. The van der Waals surface area contributed by atoms with E-state index in [0.717, 1.165) is 12.8 Å². The molecule has 1 aliphatic rings. The van der Waals surface area contributed by atoms with Gasteiger partial charge in [-0.1, -0.05) is 19.9 Å². The molecule has 0 bridgehead atoms. The quantitative estimate of drug-likeness (QED) is 0.709. The molecule has 0 radical (unpaired) electrons. The molecule has 0 fully saturated rings. The van der Waals surface area contributed by atoms with Gasteiger partial charge in [0, 0.05) is 12.1 Å². The molecule has 3 nitrogen and oxygen atoms in total. The van der Waals surface area contributed by atoms with Gasteiger partial charge in [0.15, 0.2) is 0 Å². The van der Waals surface area contributed by atoms with Gasteiger partial charge in [0.1, 0.15) is 6.61 Å². The number of allylic oxidation sites excluding steroid dienone is 1. The highest BCUT2D eigenvalue weighted by molar-refractivity contribution is 5.68. The van der Waals surface area contributed by atoms with Crippen LogP contribution in [-0.2, 0) is 4.74 Å². The van der Waals surface area contributed by atoms with Gasteiger partial charge in [0.05, 0.1) is 0 Å². The Kier molecular flexibility index (Phi) is 4.83. The number of ether oxygens (including phenoxy) is 1. The summed E-state index contributed by atoms with van der Waals surface area (Å²) in [6, 6.07) is 0.339. The van der Waals surface area contributed by atoms with Gasteiger partial charge >= 0.3 is 6.09 Å². The maximum absolute atomic E-state index is 12.1. The monoisotopic (exact) mass is 253 g/mol. The molecule has 0 aromatic carbocycles. The Morgan fingerprint density at radius 3 is 2.28 bits per heavy atom. The Hall–Kier alpha value is -0.990. The third-order valence-electron chi connectivity index (χ3n) is 3.70. The third-order valence-corrected chi connectivity index (χ3v) is 3.70. The Morgan fingerprint density at radius 2 is 1.89 bits per heavy atom. The normalized spacial score (nSPS) is 18.1. The predicted molar refractivity (Wildman–Crippen MR) is 74.6 cm³/mol. The molecule has 0 aromatic heterocycles. The van der Waals surface area contributed by atoms with E-state index in [9.17, 15) is 4.79 Å². The summed E-state index contributed by atoms with van der Waals surface area (Å²) in [5.41, 5.74) is 1.43. The van der Waals surface area contributed by atoms with Crippen LogP contribution in [0.4, 0.5) is 4.79 Å². The predicted octanol–water partition coefficient (Wildman–Crippen LogP) is 3.99. The third kappa shape index (κ3) is 3.50. The van der Waals surface area contributed by atoms with Crippen molar-refractivity contribution in [3.63, 3.8) is 0 Å². The van der Waals surface area contributed by atoms with Crippen molar-refractivity contribution in [1.29, 1.82) is 0 Å². The summed E-state index contributed by atoms with van der Waals surface area (Å²) in [5, 5.41) is 0. The van der Waals surface area contributed by atoms with E-state index >= 15 is 0 Å². The van der Waals surface area contributed by atoms with Crippen molar-refractivity contribution in [3.05, 3.63) is 11.6 Å². The van der Waals surface area contributed by atoms with Crippen LogP contribution < -0.4 is 0 Å². The smallest absolute Gasteiger partial charge is 0.410 e. The summed E-state index contributed by atoms with van der Waals surface area (Å²) < 4.78 is 5.47. The second-order valence-electron chi connectivity index (χ2n) is 6.30. The molecule has 0 saturated carbocycles. The van der Waals surface area contributed by atoms with Crippen LogP contribution in [0.1, 0.15) is 54.4 Å². The fourth-order valence-electron chi connectivity index (χ4n) is 2.53. The first-order valence-corrected chi connectivity index (χ1v) is 6.90. The topological polar surface area (TPSA) is 29.5 Å². The van der Waals surface area contributed by atoms with Gasteiger partial charge in [-0.05, 0) is 51.5 Å². The average Bonchev–Trinajstić information content (AvgIpc) is 2.53. The van der Waals surface area contributed by atoms with Gasteiger partial charge in [0.2, 0.25) is 0 Å². The first kappa shape index (κ1) is 15.1. The summed E-state index contributed by atoms with van der Waals surface area (Å²) in [6.07, 6.45) is 4.25. The number of nitrogens with zero attached hydrogens (tertiary/aromatic N) is 1. The molecule has 3 heteroatoms. The van der Waals surface area contributed by atoms with Crippen LogP contribution in [0.2, 0.25) is 0 Å². The van der Waals surface area contributed by atoms with E-state index in [0.29, 0.717) is 6.61 Å². The zero-order chi connectivity index (χ0) is 13.9. The fourth-order valence-corrected chi connectivity index (χ4v) is 2.53. The van der Waals surface area contributed by atoms with Gasteiger partial charge in [-0.3, -0.25) is 0 Å². The fraction of sp³-hybridized carbons (Fsp3) is 0.800. The van der Waals surface area contributed by atoms with Crippen molar-refractivity contribution in [1.82, 2.24) is 4.90 Å². The zero-order valence-corrected chi connectivity index (χ0v) is 12.6. The van der Waals surface area contributed by atoms with E-state index in [2.05, 4.69) is 19.9 Å². The largest absolute Gasteiger partial charge is 0.445 e. The van der Waals surface area contributed by atoms with E-state index < -0.39 is 0 Å². The molecule has 1 rings (SSSR count). The van der Waals surface area contributed by atoms with Gasteiger partial charge < -0.3 is 9.64 Å². The van der Waals surface area contributed by atoms with Gasteiger partial charge in [-0.15, -0.1) is 0 Å². The summed E-state index contributed by atoms with van der Waals surface area (Å²) in [7, 11) is 0. The standard InChI is InChI=1S/C15H27NO2/c1-11(2)16(12(3)4)14(17)18-10-13-8-7-9-15(13,5)6/h8,11-12H,7,9-10H2,1-6H3. The lowest BCUT2D eigenvalue weighted by molar-refractivity contribution is 0.0828. The Labute approximate surface area is 111 Å². The highest BCUT2D eigenvalue weighted by Crippen LogP contribution is 2.37. The van der Waals surface area contributed by atoms with E-state index in [1.54, 1.807) is 4.90 Å². The Balaban J connectivity index is 2.55. The maximum Gasteiger partial charge on any atom is 0.410 e. The highest BCUT2D eigenvalue weighted by atomic mass is 16.6. The van der Waals surface area contributed by atoms with Crippen molar-refractivity contribution >= 4 is 6.09 Å². The summed E-state index contributed by atoms with van der Waals surface area (Å²) in [6.45, 7) is 12.9. The lowest BCUT2D eigenvalue weighted by atomic mass is 9.86. The zero-order valence-electron chi connectivity index (χ0n) is 12.6. The van der Waals surface area contributed by atoms with Crippen LogP contribution in [0.25, 0.3) is 0 Å². The van der Waals surface area contributed by atoms with E-state index in [-0.39, 0.29) is 23.6 Å². The molecule has 0 aliphatic heterocycles. The molecule has 0 N–H and O–H groups in total. The summed E-state index contributed by atoms with van der Waals surface area (Å²) in [4.78, 5) is 13.9. The average molecular weight is 253 g/mol. The van der Waals surface area contributed by atoms with Crippen LogP contribution in [-0.4, -0.2) is 29.7 Å². The molecule has 1 aliphatic carbocycles. The number of carbonyl (C=O) groups excluding carboxylic acids is 1. The lowest BCUT2D eigenvalue weighted by Crippen LogP contribution is -2.42. The number of hydrogen-bond acceptors (Lipinski definition) is 2. The minimum absolute atomic E-state index is 0.170. The minimum Gasteiger partial charge on any atom is -0.445 e.